The number of aromatic nitrogens is 1. The van der Waals surface area contributed by atoms with Crippen molar-refractivity contribution in [3.05, 3.63) is 58.7 Å². The highest BCUT2D eigenvalue weighted by Crippen LogP contribution is 2.20. The molecule has 1 N–H and O–H groups in total. The van der Waals surface area contributed by atoms with Crippen LogP contribution in [-0.4, -0.2) is 47.1 Å². The highest BCUT2D eigenvalue weighted by Gasteiger charge is 2.22. The zero-order chi connectivity index (χ0) is 16.2. The molecule has 0 spiro atoms. The smallest absolute Gasteiger partial charge is 0.339 e. The van der Waals surface area contributed by atoms with Crippen LogP contribution in [0.15, 0.2) is 42.6 Å². The van der Waals surface area contributed by atoms with Crippen LogP contribution in [0, 0.1) is 0 Å². The summed E-state index contributed by atoms with van der Waals surface area (Å²) in [6.07, 6.45) is 1.64. The summed E-state index contributed by atoms with van der Waals surface area (Å²) in [5, 5.41) is 10.0. The van der Waals surface area contributed by atoms with Crippen LogP contribution in [0.5, 0.6) is 0 Å². The van der Waals surface area contributed by atoms with Gasteiger partial charge in [-0.15, -0.1) is 0 Å². The quantitative estimate of drug-likeness (QED) is 0.933. The molecule has 1 aliphatic heterocycles. The Morgan fingerprint density at radius 1 is 1.17 bits per heavy atom. The molecule has 1 aromatic carbocycles. The third kappa shape index (κ3) is 3.81. The number of pyridine rings is 1. The first-order valence-electron chi connectivity index (χ1n) is 7.53. The summed E-state index contributed by atoms with van der Waals surface area (Å²) in [7, 11) is 0. The zero-order valence-electron chi connectivity index (χ0n) is 12.7. The lowest BCUT2D eigenvalue weighted by atomic mass is 10.2. The summed E-state index contributed by atoms with van der Waals surface area (Å²) in [6.45, 7) is 4.10. The number of piperazine rings is 1. The van der Waals surface area contributed by atoms with Crippen LogP contribution < -0.4 is 4.90 Å². The second-order valence-electron chi connectivity index (χ2n) is 5.57. The van der Waals surface area contributed by atoms with Crippen molar-refractivity contribution in [2.45, 2.75) is 6.54 Å². The Labute approximate surface area is 140 Å². The maximum absolute atomic E-state index is 11.3. The Kier molecular flexibility index (Phi) is 4.79. The average Bonchev–Trinajstić information content (AvgIpc) is 2.55. The van der Waals surface area contributed by atoms with Crippen LogP contribution in [0.25, 0.3) is 0 Å². The van der Waals surface area contributed by atoms with Gasteiger partial charge >= 0.3 is 5.97 Å². The number of carboxylic acid groups (broad SMARTS) is 1. The van der Waals surface area contributed by atoms with E-state index >= 15 is 0 Å². The number of halogens is 1. The molecule has 0 bridgehead atoms. The fourth-order valence-electron chi connectivity index (χ4n) is 2.83. The maximum atomic E-state index is 11.3. The summed E-state index contributed by atoms with van der Waals surface area (Å²) < 4.78 is 0. The van der Waals surface area contributed by atoms with Crippen molar-refractivity contribution in [2.75, 3.05) is 31.1 Å². The molecule has 6 heteroatoms. The second-order valence-corrected chi connectivity index (χ2v) is 6.01. The Morgan fingerprint density at radius 2 is 1.96 bits per heavy atom. The lowest BCUT2D eigenvalue weighted by Crippen LogP contribution is -2.46. The number of benzene rings is 1. The number of aromatic carboxylic acids is 1. The molecule has 0 atom stereocenters. The van der Waals surface area contributed by atoms with E-state index in [4.69, 9.17) is 11.6 Å². The van der Waals surface area contributed by atoms with Gasteiger partial charge in [0.2, 0.25) is 0 Å². The van der Waals surface area contributed by atoms with Gasteiger partial charge < -0.3 is 10.0 Å². The minimum atomic E-state index is -0.936. The SMILES string of the molecule is O=C(O)c1cccnc1N1CCN(Cc2cccc(Cl)c2)CC1. The molecule has 0 aliphatic carbocycles. The number of carbonyl (C=O) groups is 1. The minimum Gasteiger partial charge on any atom is -0.478 e. The van der Waals surface area contributed by atoms with E-state index in [0.717, 1.165) is 37.7 Å². The third-order valence-corrected chi connectivity index (χ3v) is 4.22. The molecular weight excluding hydrogens is 314 g/mol. The molecule has 0 amide bonds. The van der Waals surface area contributed by atoms with Crippen LogP contribution in [0.1, 0.15) is 15.9 Å². The summed E-state index contributed by atoms with van der Waals surface area (Å²) in [4.78, 5) is 19.9. The minimum absolute atomic E-state index is 0.260. The van der Waals surface area contributed by atoms with E-state index in [9.17, 15) is 9.90 Å². The van der Waals surface area contributed by atoms with Crippen LogP contribution in [0.3, 0.4) is 0 Å². The van der Waals surface area contributed by atoms with E-state index in [-0.39, 0.29) is 5.56 Å². The Morgan fingerprint density at radius 3 is 2.65 bits per heavy atom. The number of rotatable bonds is 4. The number of carboxylic acids is 1. The Balaban J connectivity index is 1.64. The fraction of sp³-hybridized carbons (Fsp3) is 0.294. The Hall–Kier alpha value is -2.11. The van der Waals surface area contributed by atoms with Crippen molar-refractivity contribution in [3.63, 3.8) is 0 Å². The van der Waals surface area contributed by atoms with Gasteiger partial charge in [-0.25, -0.2) is 9.78 Å². The van der Waals surface area contributed by atoms with Gasteiger partial charge in [0.05, 0.1) is 0 Å². The van der Waals surface area contributed by atoms with Crippen molar-refractivity contribution in [1.29, 1.82) is 0 Å². The van der Waals surface area contributed by atoms with Crippen LogP contribution in [0.4, 0.5) is 5.82 Å². The highest BCUT2D eigenvalue weighted by atomic mass is 35.5. The van der Waals surface area contributed by atoms with E-state index in [2.05, 4.69) is 16.0 Å². The van der Waals surface area contributed by atoms with E-state index < -0.39 is 5.97 Å². The molecule has 1 fully saturated rings. The first-order valence-corrected chi connectivity index (χ1v) is 7.91. The maximum Gasteiger partial charge on any atom is 0.339 e. The van der Waals surface area contributed by atoms with Crippen LogP contribution in [-0.2, 0) is 6.54 Å². The lowest BCUT2D eigenvalue weighted by Gasteiger charge is -2.35. The van der Waals surface area contributed by atoms with Gasteiger partial charge in [-0.3, -0.25) is 4.90 Å². The predicted molar refractivity (Wildman–Crippen MR) is 90.1 cm³/mol. The van der Waals surface area contributed by atoms with Crippen molar-refractivity contribution < 1.29 is 9.90 Å². The van der Waals surface area contributed by atoms with Crippen LogP contribution in [0.2, 0.25) is 5.02 Å². The number of anilines is 1. The number of nitrogens with zero attached hydrogens (tertiary/aromatic N) is 3. The van der Waals surface area contributed by atoms with Crippen molar-refractivity contribution in [1.82, 2.24) is 9.88 Å². The van der Waals surface area contributed by atoms with Gasteiger partial charge in [-0.1, -0.05) is 23.7 Å². The molecule has 1 saturated heterocycles. The number of hydrogen-bond acceptors (Lipinski definition) is 4. The molecule has 5 nitrogen and oxygen atoms in total. The lowest BCUT2D eigenvalue weighted by molar-refractivity contribution is 0.0697. The first-order chi connectivity index (χ1) is 11.1. The van der Waals surface area contributed by atoms with Gasteiger partial charge in [0, 0.05) is 43.9 Å². The van der Waals surface area contributed by atoms with E-state index in [0.29, 0.717) is 5.82 Å². The molecule has 1 aromatic heterocycles. The normalized spacial score (nSPS) is 15.6. The third-order valence-electron chi connectivity index (χ3n) is 3.98. The molecule has 3 rings (SSSR count). The van der Waals surface area contributed by atoms with Crippen LogP contribution >= 0.6 is 11.6 Å². The molecule has 23 heavy (non-hydrogen) atoms. The van der Waals surface area contributed by atoms with E-state index in [1.165, 1.54) is 5.56 Å². The molecule has 2 aromatic rings. The molecule has 0 radical (unpaired) electrons. The molecule has 1 aliphatic rings. The largest absolute Gasteiger partial charge is 0.478 e. The van der Waals surface area contributed by atoms with Crippen molar-refractivity contribution in [3.8, 4) is 0 Å². The summed E-state index contributed by atoms with van der Waals surface area (Å²) in [5.41, 5.74) is 1.45. The molecule has 2 heterocycles. The van der Waals surface area contributed by atoms with E-state index in [1.807, 2.05) is 23.1 Å². The topological polar surface area (TPSA) is 56.7 Å². The van der Waals surface area contributed by atoms with Gasteiger partial charge in [0.25, 0.3) is 0 Å². The van der Waals surface area contributed by atoms with Gasteiger partial charge in [0.15, 0.2) is 0 Å². The first kappa shape index (κ1) is 15.8. The summed E-state index contributed by atoms with van der Waals surface area (Å²) >= 11 is 6.02. The zero-order valence-corrected chi connectivity index (χ0v) is 13.4. The molecular formula is C17H18ClN3O2. The summed E-state index contributed by atoms with van der Waals surface area (Å²) in [6, 6.07) is 11.1. The number of hydrogen-bond donors (Lipinski definition) is 1. The Bertz CT molecular complexity index is 700. The molecule has 120 valence electrons. The molecule has 0 saturated carbocycles. The highest BCUT2D eigenvalue weighted by molar-refractivity contribution is 6.30. The van der Waals surface area contributed by atoms with Gasteiger partial charge in [-0.2, -0.15) is 0 Å². The van der Waals surface area contributed by atoms with Crippen molar-refractivity contribution >= 4 is 23.4 Å². The molecule has 0 unspecified atom stereocenters. The average molecular weight is 332 g/mol. The van der Waals surface area contributed by atoms with Gasteiger partial charge in [0.1, 0.15) is 11.4 Å². The van der Waals surface area contributed by atoms with E-state index in [1.54, 1.807) is 18.3 Å². The second kappa shape index (κ2) is 6.98. The van der Waals surface area contributed by atoms with Gasteiger partial charge in [-0.05, 0) is 29.8 Å². The monoisotopic (exact) mass is 331 g/mol. The summed E-state index contributed by atoms with van der Waals surface area (Å²) in [5.74, 6) is -0.378. The fourth-order valence-corrected chi connectivity index (χ4v) is 3.04. The van der Waals surface area contributed by atoms with Crippen molar-refractivity contribution in [2.24, 2.45) is 0 Å². The predicted octanol–water partition coefficient (Wildman–Crippen LogP) is 2.76. The standard InChI is InChI=1S/C17H18ClN3O2/c18-14-4-1-3-13(11-14)12-20-7-9-21(10-8-20)16-15(17(22)23)5-2-6-19-16/h1-6,11H,7-10,12H2,(H,22,23).